The minimum Gasteiger partial charge on any atom is -0.480 e. The van der Waals surface area contributed by atoms with E-state index in [0.29, 0.717) is 18.9 Å². The molecule has 0 saturated carbocycles. The fourth-order valence-corrected chi connectivity index (χ4v) is 2.20. The van der Waals surface area contributed by atoms with Crippen molar-refractivity contribution in [1.82, 2.24) is 10.6 Å². The van der Waals surface area contributed by atoms with Gasteiger partial charge in [0.2, 0.25) is 0 Å². The molecule has 2 unspecified atom stereocenters. The summed E-state index contributed by atoms with van der Waals surface area (Å²) in [6.45, 7) is 6.45. The number of amides is 2. The first-order valence-electron chi connectivity index (χ1n) is 6.12. The Morgan fingerprint density at radius 2 is 1.89 bits per heavy atom. The molecular formula is C12H24N2O3S. The summed E-state index contributed by atoms with van der Waals surface area (Å²) >= 11 is 1.72. The fraction of sp³-hybridized carbons (Fsp3) is 0.833. The minimum atomic E-state index is -0.990. The molecule has 0 aromatic rings. The number of nitrogens with one attached hydrogen (secondary N) is 2. The van der Waals surface area contributed by atoms with Crippen molar-refractivity contribution in [3.05, 3.63) is 0 Å². The zero-order chi connectivity index (χ0) is 14.1. The maximum absolute atomic E-state index is 11.6. The molecular weight excluding hydrogens is 252 g/mol. The van der Waals surface area contributed by atoms with Gasteiger partial charge in [-0.05, 0) is 30.3 Å². The van der Waals surface area contributed by atoms with E-state index in [9.17, 15) is 9.59 Å². The van der Waals surface area contributed by atoms with Gasteiger partial charge in [0.1, 0.15) is 6.04 Å². The van der Waals surface area contributed by atoms with Crippen molar-refractivity contribution in [3.8, 4) is 0 Å². The molecule has 2 atom stereocenters. The average molecular weight is 276 g/mol. The summed E-state index contributed by atoms with van der Waals surface area (Å²) in [7, 11) is 0. The fourth-order valence-electron chi connectivity index (χ4n) is 1.51. The van der Waals surface area contributed by atoms with E-state index in [0.717, 1.165) is 5.75 Å². The first-order valence-corrected chi connectivity index (χ1v) is 7.52. The second kappa shape index (κ2) is 9.08. The van der Waals surface area contributed by atoms with Gasteiger partial charge in [-0.25, -0.2) is 9.59 Å². The van der Waals surface area contributed by atoms with Crippen molar-refractivity contribution < 1.29 is 14.7 Å². The predicted molar refractivity (Wildman–Crippen MR) is 75.0 cm³/mol. The highest BCUT2D eigenvalue weighted by molar-refractivity contribution is 7.98. The van der Waals surface area contributed by atoms with E-state index in [-0.39, 0.29) is 5.92 Å². The molecule has 6 heteroatoms. The number of carbonyl (C=O) groups excluding carboxylic acids is 1. The number of hydrogen-bond donors (Lipinski definition) is 3. The van der Waals surface area contributed by atoms with Gasteiger partial charge in [0.15, 0.2) is 0 Å². The van der Waals surface area contributed by atoms with Crippen LogP contribution in [0, 0.1) is 11.8 Å². The van der Waals surface area contributed by atoms with Crippen molar-refractivity contribution >= 4 is 23.8 Å². The van der Waals surface area contributed by atoms with Crippen LogP contribution in [0.1, 0.15) is 27.2 Å². The van der Waals surface area contributed by atoms with Gasteiger partial charge in [0.05, 0.1) is 0 Å². The Labute approximate surface area is 113 Å². The lowest BCUT2D eigenvalue weighted by Gasteiger charge is -2.18. The Bertz CT molecular complexity index is 272. The van der Waals surface area contributed by atoms with Gasteiger partial charge in [-0.1, -0.05) is 20.8 Å². The molecule has 0 spiro atoms. The van der Waals surface area contributed by atoms with Crippen molar-refractivity contribution in [2.75, 3.05) is 18.6 Å². The van der Waals surface area contributed by atoms with Gasteiger partial charge in [0.25, 0.3) is 0 Å². The highest BCUT2D eigenvalue weighted by Crippen LogP contribution is 2.05. The molecule has 0 saturated heterocycles. The molecule has 0 aliphatic carbocycles. The number of rotatable bonds is 8. The zero-order valence-electron chi connectivity index (χ0n) is 11.5. The quantitative estimate of drug-likeness (QED) is 0.631. The summed E-state index contributed by atoms with van der Waals surface area (Å²) in [5.74, 6) is 0.575. The molecule has 3 N–H and O–H groups in total. The topological polar surface area (TPSA) is 78.4 Å². The lowest BCUT2D eigenvalue weighted by atomic mass is 10.0. The molecule has 2 amide bonds. The predicted octanol–water partition coefficient (Wildman–Crippen LogP) is 1.78. The van der Waals surface area contributed by atoms with Gasteiger partial charge in [-0.3, -0.25) is 0 Å². The van der Waals surface area contributed by atoms with E-state index in [1.54, 1.807) is 11.8 Å². The van der Waals surface area contributed by atoms with Gasteiger partial charge < -0.3 is 15.7 Å². The first-order chi connectivity index (χ1) is 8.36. The number of carboxylic acid groups (broad SMARTS) is 1. The third-order valence-electron chi connectivity index (χ3n) is 2.37. The van der Waals surface area contributed by atoms with E-state index in [1.165, 1.54) is 0 Å². The summed E-state index contributed by atoms with van der Waals surface area (Å²) < 4.78 is 0. The molecule has 106 valence electrons. The van der Waals surface area contributed by atoms with E-state index in [2.05, 4.69) is 10.6 Å². The molecule has 0 rings (SSSR count). The van der Waals surface area contributed by atoms with Crippen molar-refractivity contribution in [1.29, 1.82) is 0 Å². The monoisotopic (exact) mass is 276 g/mol. The van der Waals surface area contributed by atoms with E-state index < -0.39 is 18.0 Å². The SMILES string of the molecule is CSCC(C)CNC(=O)NC(CC(C)C)C(=O)O. The summed E-state index contributed by atoms with van der Waals surface area (Å²) in [5, 5.41) is 14.2. The number of urea groups is 1. The molecule has 0 fully saturated rings. The maximum Gasteiger partial charge on any atom is 0.326 e. The number of hydrogen-bond acceptors (Lipinski definition) is 3. The lowest BCUT2D eigenvalue weighted by molar-refractivity contribution is -0.139. The number of carbonyl (C=O) groups is 2. The van der Waals surface area contributed by atoms with Crippen molar-refractivity contribution in [2.45, 2.75) is 33.2 Å². The Balaban J connectivity index is 4.06. The van der Waals surface area contributed by atoms with E-state index in [4.69, 9.17) is 5.11 Å². The second-order valence-corrected chi connectivity index (χ2v) is 5.85. The first kappa shape index (κ1) is 17.1. The molecule has 0 aromatic heterocycles. The Morgan fingerprint density at radius 3 is 2.33 bits per heavy atom. The van der Waals surface area contributed by atoms with Gasteiger partial charge >= 0.3 is 12.0 Å². The van der Waals surface area contributed by atoms with Crippen LogP contribution in [-0.2, 0) is 4.79 Å². The van der Waals surface area contributed by atoms with Crippen LogP contribution < -0.4 is 10.6 Å². The van der Waals surface area contributed by atoms with Crippen LogP contribution >= 0.6 is 11.8 Å². The van der Waals surface area contributed by atoms with Crippen LogP contribution in [0.2, 0.25) is 0 Å². The van der Waals surface area contributed by atoms with Gasteiger partial charge in [-0.15, -0.1) is 0 Å². The van der Waals surface area contributed by atoms with Crippen molar-refractivity contribution in [2.24, 2.45) is 11.8 Å². The summed E-state index contributed by atoms with van der Waals surface area (Å²) in [4.78, 5) is 22.5. The molecule has 0 bridgehead atoms. The Kier molecular flexibility index (Phi) is 8.62. The summed E-state index contributed by atoms with van der Waals surface area (Å²) in [6, 6.07) is -1.23. The van der Waals surface area contributed by atoms with E-state index in [1.807, 2.05) is 27.0 Å². The Morgan fingerprint density at radius 1 is 1.28 bits per heavy atom. The maximum atomic E-state index is 11.6. The van der Waals surface area contributed by atoms with Crippen molar-refractivity contribution in [3.63, 3.8) is 0 Å². The third kappa shape index (κ3) is 8.22. The van der Waals surface area contributed by atoms with Crippen LogP contribution in [0.3, 0.4) is 0 Å². The molecule has 0 aliphatic heterocycles. The average Bonchev–Trinajstić information content (AvgIpc) is 2.25. The number of carboxylic acids is 1. The molecule has 0 heterocycles. The van der Waals surface area contributed by atoms with Gasteiger partial charge in [0, 0.05) is 6.54 Å². The molecule has 5 nitrogen and oxygen atoms in total. The van der Waals surface area contributed by atoms with Crippen LogP contribution in [0.5, 0.6) is 0 Å². The number of aliphatic carboxylic acids is 1. The van der Waals surface area contributed by atoms with Crippen LogP contribution in [0.25, 0.3) is 0 Å². The zero-order valence-corrected chi connectivity index (χ0v) is 12.3. The van der Waals surface area contributed by atoms with E-state index >= 15 is 0 Å². The third-order valence-corrected chi connectivity index (χ3v) is 3.28. The largest absolute Gasteiger partial charge is 0.480 e. The Hall–Kier alpha value is -0.910. The molecule has 18 heavy (non-hydrogen) atoms. The molecule has 0 aliphatic rings. The minimum absolute atomic E-state index is 0.224. The summed E-state index contributed by atoms with van der Waals surface area (Å²) in [6.07, 6.45) is 2.45. The van der Waals surface area contributed by atoms with Crippen LogP contribution in [-0.4, -0.2) is 41.7 Å². The van der Waals surface area contributed by atoms with Gasteiger partial charge in [-0.2, -0.15) is 11.8 Å². The molecule has 0 radical (unpaired) electrons. The number of thioether (sulfide) groups is 1. The van der Waals surface area contributed by atoms with Crippen LogP contribution in [0.15, 0.2) is 0 Å². The molecule has 0 aromatic carbocycles. The highest BCUT2D eigenvalue weighted by Gasteiger charge is 2.20. The standard InChI is InChI=1S/C12H24N2O3S/c1-8(2)5-10(11(15)16)14-12(17)13-6-9(3)7-18-4/h8-10H,5-7H2,1-4H3,(H,15,16)(H2,13,14,17). The smallest absolute Gasteiger partial charge is 0.326 e. The lowest BCUT2D eigenvalue weighted by Crippen LogP contribution is -2.47. The summed E-state index contributed by atoms with van der Waals surface area (Å²) in [5.41, 5.74) is 0. The normalized spacial score (nSPS) is 14.1. The second-order valence-electron chi connectivity index (χ2n) is 4.94. The van der Waals surface area contributed by atoms with Crippen LogP contribution in [0.4, 0.5) is 4.79 Å². The highest BCUT2D eigenvalue weighted by atomic mass is 32.2.